The molecule has 1 aromatic rings. The summed E-state index contributed by atoms with van der Waals surface area (Å²) in [5, 5.41) is 14.1. The Bertz CT molecular complexity index is 513. The van der Waals surface area contributed by atoms with Gasteiger partial charge in [-0.2, -0.15) is 0 Å². The van der Waals surface area contributed by atoms with E-state index in [1.54, 1.807) is 0 Å². The summed E-state index contributed by atoms with van der Waals surface area (Å²) in [6.45, 7) is 4.78. The highest BCUT2D eigenvalue weighted by Gasteiger charge is 2.24. The Morgan fingerprint density at radius 3 is 3.00 bits per heavy atom. The summed E-state index contributed by atoms with van der Waals surface area (Å²) < 4.78 is 13.6. The molecule has 0 amide bonds. The lowest BCUT2D eigenvalue weighted by atomic mass is 10.2. The lowest BCUT2D eigenvalue weighted by molar-refractivity contribution is -0.384. The van der Waals surface area contributed by atoms with Gasteiger partial charge in [-0.3, -0.25) is 15.0 Å². The maximum Gasteiger partial charge on any atom is 0.295 e. The van der Waals surface area contributed by atoms with Gasteiger partial charge in [0.2, 0.25) is 0 Å². The molecule has 1 aliphatic rings. The predicted molar refractivity (Wildman–Crippen MR) is 79.5 cm³/mol. The monoisotopic (exact) mass is 345 g/mol. The van der Waals surface area contributed by atoms with Crippen LogP contribution in [0.25, 0.3) is 0 Å². The molecule has 0 bridgehead atoms. The van der Waals surface area contributed by atoms with E-state index in [1.165, 1.54) is 6.07 Å². The van der Waals surface area contributed by atoms with E-state index in [9.17, 15) is 14.5 Å². The fourth-order valence-corrected chi connectivity index (χ4v) is 2.94. The summed E-state index contributed by atoms with van der Waals surface area (Å²) in [5.41, 5.74) is 0.123. The molecule has 0 aromatic heterocycles. The SMILES string of the molecule is CCN1CCCC1CNc1cc(Br)c(F)cc1[N+](=O)[O-]. The number of nitrogens with zero attached hydrogens (tertiary/aromatic N) is 2. The minimum absolute atomic E-state index is 0.226. The van der Waals surface area contributed by atoms with E-state index in [0.717, 1.165) is 32.0 Å². The molecule has 2 rings (SSSR count). The van der Waals surface area contributed by atoms with Crippen molar-refractivity contribution in [2.75, 3.05) is 25.0 Å². The van der Waals surface area contributed by atoms with Crippen LogP contribution in [0.15, 0.2) is 16.6 Å². The molecule has 1 unspecified atom stereocenters. The van der Waals surface area contributed by atoms with Crippen LogP contribution in [0.3, 0.4) is 0 Å². The van der Waals surface area contributed by atoms with Crippen molar-refractivity contribution >= 4 is 27.3 Å². The largest absolute Gasteiger partial charge is 0.378 e. The van der Waals surface area contributed by atoms with Crippen LogP contribution < -0.4 is 5.32 Å². The van der Waals surface area contributed by atoms with Crippen molar-refractivity contribution in [1.82, 2.24) is 4.90 Å². The van der Waals surface area contributed by atoms with Crippen molar-refractivity contribution in [1.29, 1.82) is 0 Å². The molecule has 1 N–H and O–H groups in total. The van der Waals surface area contributed by atoms with E-state index < -0.39 is 10.7 Å². The van der Waals surface area contributed by atoms with Crippen molar-refractivity contribution in [2.24, 2.45) is 0 Å². The Kier molecular flexibility index (Phi) is 4.93. The van der Waals surface area contributed by atoms with Gasteiger partial charge in [-0.15, -0.1) is 0 Å². The molecule has 0 radical (unpaired) electrons. The Labute approximate surface area is 125 Å². The Morgan fingerprint density at radius 1 is 1.60 bits per heavy atom. The number of hydrogen-bond acceptors (Lipinski definition) is 4. The number of likely N-dealkylation sites (N-methyl/N-ethyl adjacent to an activating group) is 1. The topological polar surface area (TPSA) is 58.4 Å². The molecule has 5 nitrogen and oxygen atoms in total. The zero-order chi connectivity index (χ0) is 14.7. The number of nitrogens with one attached hydrogen (secondary N) is 1. The fourth-order valence-electron chi connectivity index (χ4n) is 2.60. The van der Waals surface area contributed by atoms with E-state index >= 15 is 0 Å². The zero-order valence-electron chi connectivity index (χ0n) is 11.2. The van der Waals surface area contributed by atoms with Crippen LogP contribution in [0.2, 0.25) is 0 Å². The second-order valence-electron chi connectivity index (χ2n) is 4.85. The average Bonchev–Trinajstić information content (AvgIpc) is 2.86. The van der Waals surface area contributed by atoms with E-state index in [0.29, 0.717) is 18.3 Å². The third-order valence-corrected chi connectivity index (χ3v) is 4.28. The molecule has 1 aromatic carbocycles. The summed E-state index contributed by atoms with van der Waals surface area (Å²) in [5.74, 6) is -0.627. The van der Waals surface area contributed by atoms with Crippen LogP contribution >= 0.6 is 15.9 Å². The normalized spacial score (nSPS) is 19.2. The fraction of sp³-hybridized carbons (Fsp3) is 0.538. The van der Waals surface area contributed by atoms with Gasteiger partial charge in [0.1, 0.15) is 11.5 Å². The highest BCUT2D eigenvalue weighted by atomic mass is 79.9. The molecule has 0 aliphatic carbocycles. The summed E-state index contributed by atoms with van der Waals surface area (Å²) in [4.78, 5) is 12.8. The lowest BCUT2D eigenvalue weighted by Gasteiger charge is -2.23. The molecule has 1 atom stereocenters. The van der Waals surface area contributed by atoms with Gasteiger partial charge >= 0.3 is 0 Å². The van der Waals surface area contributed by atoms with Crippen molar-refractivity contribution < 1.29 is 9.31 Å². The van der Waals surface area contributed by atoms with E-state index in [-0.39, 0.29) is 10.2 Å². The molecule has 1 fully saturated rings. The van der Waals surface area contributed by atoms with Gasteiger partial charge in [-0.1, -0.05) is 6.92 Å². The van der Waals surface area contributed by atoms with Crippen molar-refractivity contribution in [3.05, 3.63) is 32.5 Å². The Balaban J connectivity index is 2.12. The molecule has 0 saturated carbocycles. The highest BCUT2D eigenvalue weighted by Crippen LogP contribution is 2.31. The number of benzene rings is 1. The highest BCUT2D eigenvalue weighted by molar-refractivity contribution is 9.10. The van der Waals surface area contributed by atoms with Gasteiger partial charge in [-0.05, 0) is 47.9 Å². The summed E-state index contributed by atoms with van der Waals surface area (Å²) >= 11 is 3.06. The zero-order valence-corrected chi connectivity index (χ0v) is 12.8. The lowest BCUT2D eigenvalue weighted by Crippen LogP contribution is -2.34. The number of anilines is 1. The molecule has 7 heteroatoms. The second-order valence-corrected chi connectivity index (χ2v) is 5.70. The van der Waals surface area contributed by atoms with Crippen molar-refractivity contribution in [3.8, 4) is 0 Å². The first kappa shape index (κ1) is 15.2. The third-order valence-electron chi connectivity index (χ3n) is 3.67. The van der Waals surface area contributed by atoms with Crippen LogP contribution in [0.5, 0.6) is 0 Å². The molecule has 20 heavy (non-hydrogen) atoms. The van der Waals surface area contributed by atoms with Crippen molar-refractivity contribution in [2.45, 2.75) is 25.8 Å². The standard InChI is InChI=1S/C13H17BrFN3O2/c1-2-17-5-3-4-9(17)8-16-12-6-10(14)11(15)7-13(12)18(19)20/h6-7,9,16H,2-5,8H2,1H3. The summed E-state index contributed by atoms with van der Waals surface area (Å²) in [6, 6.07) is 2.75. The first-order chi connectivity index (χ1) is 9.52. The van der Waals surface area contributed by atoms with E-state index in [1.807, 2.05) is 0 Å². The third kappa shape index (κ3) is 3.27. The molecule has 0 spiro atoms. The molecular formula is C13H17BrFN3O2. The minimum Gasteiger partial charge on any atom is -0.378 e. The molecule has 1 heterocycles. The molecular weight excluding hydrogens is 329 g/mol. The first-order valence-corrected chi connectivity index (χ1v) is 7.43. The maximum atomic E-state index is 13.4. The van der Waals surface area contributed by atoms with Gasteiger partial charge in [0.05, 0.1) is 15.5 Å². The second kappa shape index (κ2) is 6.49. The predicted octanol–water partition coefficient (Wildman–Crippen LogP) is 3.39. The van der Waals surface area contributed by atoms with Gasteiger partial charge in [0.15, 0.2) is 0 Å². The molecule has 1 aliphatic heterocycles. The Hall–Kier alpha value is -1.21. The number of hydrogen-bond donors (Lipinski definition) is 1. The van der Waals surface area contributed by atoms with E-state index in [2.05, 4.69) is 33.1 Å². The number of nitro groups is 1. The molecule has 1 saturated heterocycles. The average molecular weight is 346 g/mol. The van der Waals surface area contributed by atoms with Gasteiger partial charge in [0.25, 0.3) is 5.69 Å². The summed E-state index contributed by atoms with van der Waals surface area (Å²) in [7, 11) is 0. The van der Waals surface area contributed by atoms with Crippen LogP contribution in [0, 0.1) is 15.9 Å². The van der Waals surface area contributed by atoms with Crippen LogP contribution in [0.1, 0.15) is 19.8 Å². The smallest absolute Gasteiger partial charge is 0.295 e. The van der Waals surface area contributed by atoms with Gasteiger partial charge < -0.3 is 5.32 Å². The van der Waals surface area contributed by atoms with Gasteiger partial charge in [-0.25, -0.2) is 4.39 Å². The number of nitro benzene ring substituents is 1. The number of likely N-dealkylation sites (tertiary alicyclic amines) is 1. The van der Waals surface area contributed by atoms with Gasteiger partial charge in [0, 0.05) is 12.6 Å². The first-order valence-electron chi connectivity index (χ1n) is 6.64. The number of rotatable bonds is 5. The summed E-state index contributed by atoms with van der Waals surface area (Å²) in [6.07, 6.45) is 2.23. The molecule has 110 valence electrons. The Morgan fingerprint density at radius 2 is 2.35 bits per heavy atom. The number of halogens is 2. The van der Waals surface area contributed by atoms with Crippen LogP contribution in [0.4, 0.5) is 15.8 Å². The quantitative estimate of drug-likeness (QED) is 0.656. The van der Waals surface area contributed by atoms with Crippen LogP contribution in [-0.4, -0.2) is 35.5 Å². The van der Waals surface area contributed by atoms with E-state index in [4.69, 9.17) is 0 Å². The minimum atomic E-state index is -0.627. The maximum absolute atomic E-state index is 13.4. The van der Waals surface area contributed by atoms with Crippen LogP contribution in [-0.2, 0) is 0 Å². The van der Waals surface area contributed by atoms with Crippen molar-refractivity contribution in [3.63, 3.8) is 0 Å².